The normalized spacial score (nSPS) is 11.6. The molecule has 0 amide bonds. The molecule has 2 rings (SSSR count). The van der Waals surface area contributed by atoms with Gasteiger partial charge in [0.1, 0.15) is 11.9 Å². The first-order valence-electron chi connectivity index (χ1n) is 6.22. The number of anilines is 2. The molecule has 0 bridgehead atoms. The maximum Gasteiger partial charge on any atom is 0.165 e. The SMILES string of the molecule is CCC(Nc1ccc(N)c(C#N)n1)c1ccccc1. The highest BCUT2D eigenvalue weighted by Gasteiger charge is 2.10. The Kier molecular flexibility index (Phi) is 3.99. The van der Waals surface area contributed by atoms with E-state index in [1.165, 1.54) is 5.56 Å². The van der Waals surface area contributed by atoms with Crippen molar-refractivity contribution in [3.63, 3.8) is 0 Å². The molecule has 4 heteroatoms. The molecule has 1 aromatic heterocycles. The van der Waals surface area contributed by atoms with Gasteiger partial charge in [0.05, 0.1) is 11.7 Å². The first-order chi connectivity index (χ1) is 9.24. The molecule has 0 spiro atoms. The molecule has 4 nitrogen and oxygen atoms in total. The smallest absolute Gasteiger partial charge is 0.165 e. The lowest BCUT2D eigenvalue weighted by Crippen LogP contribution is -2.11. The average molecular weight is 252 g/mol. The van der Waals surface area contributed by atoms with E-state index in [0.717, 1.165) is 6.42 Å². The summed E-state index contributed by atoms with van der Waals surface area (Å²) in [6.45, 7) is 2.10. The van der Waals surface area contributed by atoms with E-state index < -0.39 is 0 Å². The van der Waals surface area contributed by atoms with Gasteiger partial charge in [-0.3, -0.25) is 0 Å². The third-order valence-corrected chi connectivity index (χ3v) is 2.96. The average Bonchev–Trinajstić information content (AvgIpc) is 2.47. The van der Waals surface area contributed by atoms with Gasteiger partial charge in [-0.25, -0.2) is 4.98 Å². The molecule has 0 aliphatic heterocycles. The van der Waals surface area contributed by atoms with Crippen LogP contribution in [0.1, 0.15) is 30.6 Å². The lowest BCUT2D eigenvalue weighted by Gasteiger charge is -2.18. The summed E-state index contributed by atoms with van der Waals surface area (Å²) < 4.78 is 0. The molecule has 1 heterocycles. The number of nitrogens with two attached hydrogens (primary N) is 1. The Balaban J connectivity index is 2.22. The van der Waals surface area contributed by atoms with E-state index in [1.807, 2.05) is 24.3 Å². The van der Waals surface area contributed by atoms with E-state index in [2.05, 4.69) is 29.4 Å². The predicted molar refractivity (Wildman–Crippen MR) is 76.5 cm³/mol. The molecule has 0 aliphatic carbocycles. The Morgan fingerprint density at radius 3 is 2.63 bits per heavy atom. The van der Waals surface area contributed by atoms with Crippen LogP contribution >= 0.6 is 0 Å². The molecule has 0 saturated heterocycles. The molecule has 1 unspecified atom stereocenters. The summed E-state index contributed by atoms with van der Waals surface area (Å²) >= 11 is 0. The monoisotopic (exact) mass is 252 g/mol. The molecule has 0 aliphatic rings. The number of hydrogen-bond acceptors (Lipinski definition) is 4. The zero-order valence-corrected chi connectivity index (χ0v) is 10.8. The van der Waals surface area contributed by atoms with Crippen LogP contribution in [0, 0.1) is 11.3 Å². The summed E-state index contributed by atoms with van der Waals surface area (Å²) in [5, 5.41) is 12.3. The Morgan fingerprint density at radius 2 is 2.00 bits per heavy atom. The van der Waals surface area contributed by atoms with Crippen molar-refractivity contribution in [3.8, 4) is 6.07 Å². The van der Waals surface area contributed by atoms with E-state index in [4.69, 9.17) is 11.0 Å². The molecule has 2 aromatic rings. The Bertz CT molecular complexity index is 587. The van der Waals surface area contributed by atoms with Gasteiger partial charge in [0.15, 0.2) is 5.69 Å². The van der Waals surface area contributed by atoms with E-state index in [0.29, 0.717) is 11.5 Å². The molecular formula is C15H16N4. The maximum absolute atomic E-state index is 8.93. The minimum absolute atomic E-state index is 0.170. The third kappa shape index (κ3) is 3.02. The van der Waals surface area contributed by atoms with E-state index in [1.54, 1.807) is 12.1 Å². The Labute approximate surface area is 112 Å². The summed E-state index contributed by atoms with van der Waals surface area (Å²) in [7, 11) is 0. The van der Waals surface area contributed by atoms with Crippen LogP contribution in [0.15, 0.2) is 42.5 Å². The number of nitriles is 1. The number of nitrogens with one attached hydrogen (secondary N) is 1. The summed E-state index contributed by atoms with van der Waals surface area (Å²) in [5.41, 5.74) is 7.52. The first-order valence-corrected chi connectivity index (χ1v) is 6.22. The lowest BCUT2D eigenvalue weighted by molar-refractivity contribution is 0.744. The van der Waals surface area contributed by atoms with Gasteiger partial charge >= 0.3 is 0 Å². The topological polar surface area (TPSA) is 74.7 Å². The van der Waals surface area contributed by atoms with Gasteiger partial charge in [-0.05, 0) is 24.1 Å². The van der Waals surface area contributed by atoms with Gasteiger partial charge < -0.3 is 11.1 Å². The Hall–Kier alpha value is -2.54. The van der Waals surface area contributed by atoms with Crippen molar-refractivity contribution in [2.75, 3.05) is 11.1 Å². The van der Waals surface area contributed by atoms with Crippen molar-refractivity contribution in [3.05, 3.63) is 53.7 Å². The number of rotatable bonds is 4. The zero-order chi connectivity index (χ0) is 13.7. The predicted octanol–water partition coefficient (Wildman–Crippen LogP) is 3.10. The van der Waals surface area contributed by atoms with Crippen LogP contribution in [0.3, 0.4) is 0 Å². The molecule has 1 atom stereocenters. The second kappa shape index (κ2) is 5.87. The quantitative estimate of drug-likeness (QED) is 0.876. The number of pyridine rings is 1. The first kappa shape index (κ1) is 12.9. The van der Waals surface area contributed by atoms with Crippen LogP contribution in [-0.4, -0.2) is 4.98 Å². The molecule has 19 heavy (non-hydrogen) atoms. The number of aromatic nitrogens is 1. The van der Waals surface area contributed by atoms with Crippen LogP contribution in [0.2, 0.25) is 0 Å². The number of nitrogen functional groups attached to an aromatic ring is 1. The highest BCUT2D eigenvalue weighted by molar-refractivity contribution is 5.55. The van der Waals surface area contributed by atoms with Crippen molar-refractivity contribution in [2.45, 2.75) is 19.4 Å². The van der Waals surface area contributed by atoms with Gasteiger partial charge in [-0.1, -0.05) is 37.3 Å². The van der Waals surface area contributed by atoms with Crippen LogP contribution < -0.4 is 11.1 Å². The molecular weight excluding hydrogens is 236 g/mol. The lowest BCUT2D eigenvalue weighted by atomic mass is 10.0. The maximum atomic E-state index is 8.93. The minimum Gasteiger partial charge on any atom is -0.396 e. The summed E-state index contributed by atoms with van der Waals surface area (Å²) in [4.78, 5) is 4.21. The van der Waals surface area contributed by atoms with Gasteiger partial charge in [-0.2, -0.15) is 5.26 Å². The standard InChI is InChI=1S/C15H16N4/c1-2-13(11-6-4-3-5-7-11)18-15-9-8-12(17)14(10-16)19-15/h3-9,13H,2,17H2,1H3,(H,18,19). The second-order valence-electron chi connectivity index (χ2n) is 4.26. The number of hydrogen-bond donors (Lipinski definition) is 2. The van der Waals surface area contributed by atoms with Crippen LogP contribution in [0.4, 0.5) is 11.5 Å². The van der Waals surface area contributed by atoms with Crippen LogP contribution in [-0.2, 0) is 0 Å². The summed E-state index contributed by atoms with van der Waals surface area (Å²) in [6.07, 6.45) is 0.929. The summed E-state index contributed by atoms with van der Waals surface area (Å²) in [6, 6.07) is 15.8. The van der Waals surface area contributed by atoms with Crippen LogP contribution in [0.25, 0.3) is 0 Å². The van der Waals surface area contributed by atoms with Crippen molar-refractivity contribution >= 4 is 11.5 Å². The van der Waals surface area contributed by atoms with Crippen molar-refractivity contribution < 1.29 is 0 Å². The second-order valence-corrected chi connectivity index (χ2v) is 4.26. The van der Waals surface area contributed by atoms with Gasteiger partial charge in [0, 0.05) is 0 Å². The van der Waals surface area contributed by atoms with Crippen molar-refractivity contribution in [1.82, 2.24) is 4.98 Å². The van der Waals surface area contributed by atoms with Gasteiger partial charge in [0.25, 0.3) is 0 Å². The zero-order valence-electron chi connectivity index (χ0n) is 10.8. The molecule has 1 aromatic carbocycles. The minimum atomic E-state index is 0.170. The van der Waals surface area contributed by atoms with E-state index in [9.17, 15) is 0 Å². The molecule has 96 valence electrons. The molecule has 0 fully saturated rings. The number of benzene rings is 1. The fourth-order valence-corrected chi connectivity index (χ4v) is 1.92. The van der Waals surface area contributed by atoms with Gasteiger partial charge in [-0.15, -0.1) is 0 Å². The highest BCUT2D eigenvalue weighted by Crippen LogP contribution is 2.22. The fraction of sp³-hybridized carbons (Fsp3) is 0.200. The molecule has 0 radical (unpaired) electrons. The third-order valence-electron chi connectivity index (χ3n) is 2.96. The van der Waals surface area contributed by atoms with Crippen LogP contribution in [0.5, 0.6) is 0 Å². The van der Waals surface area contributed by atoms with Crippen molar-refractivity contribution in [2.24, 2.45) is 0 Å². The van der Waals surface area contributed by atoms with E-state index in [-0.39, 0.29) is 11.7 Å². The molecule has 3 N–H and O–H groups in total. The molecule has 0 saturated carbocycles. The van der Waals surface area contributed by atoms with E-state index >= 15 is 0 Å². The number of nitrogens with zero attached hydrogens (tertiary/aromatic N) is 2. The fourth-order valence-electron chi connectivity index (χ4n) is 1.92. The summed E-state index contributed by atoms with van der Waals surface area (Å²) in [5.74, 6) is 0.668. The highest BCUT2D eigenvalue weighted by atomic mass is 15.0. The van der Waals surface area contributed by atoms with Crippen molar-refractivity contribution in [1.29, 1.82) is 5.26 Å². The largest absolute Gasteiger partial charge is 0.396 e. The van der Waals surface area contributed by atoms with Gasteiger partial charge in [0.2, 0.25) is 0 Å². The Morgan fingerprint density at radius 1 is 1.26 bits per heavy atom.